The topological polar surface area (TPSA) is 87.5 Å². The van der Waals surface area contributed by atoms with Gasteiger partial charge in [0.25, 0.3) is 0 Å². The van der Waals surface area contributed by atoms with E-state index in [2.05, 4.69) is 0 Å². The number of hydrogen-bond donors (Lipinski definition) is 0. The number of hydrogen-bond acceptors (Lipinski definition) is 5. The summed E-state index contributed by atoms with van der Waals surface area (Å²) in [5.74, 6) is -0.902. The van der Waals surface area contributed by atoms with Crippen LogP contribution in [0.1, 0.15) is 25.0 Å². The summed E-state index contributed by atoms with van der Waals surface area (Å²) >= 11 is 0. The van der Waals surface area contributed by atoms with E-state index in [0.717, 1.165) is 4.31 Å². The molecule has 0 aliphatic rings. The molecule has 6 nitrogen and oxygen atoms in total. The van der Waals surface area contributed by atoms with Gasteiger partial charge in [0.2, 0.25) is 10.0 Å². The Bertz CT molecular complexity index is 635. The zero-order valence-corrected chi connectivity index (χ0v) is 12.9. The van der Waals surface area contributed by atoms with Crippen LogP contribution in [0.4, 0.5) is 0 Å². The van der Waals surface area contributed by atoms with Crippen LogP contribution in [0.5, 0.6) is 0 Å². The molecule has 0 aliphatic carbocycles. The van der Waals surface area contributed by atoms with E-state index < -0.39 is 16.0 Å². The second-order valence-corrected chi connectivity index (χ2v) is 6.23. The Morgan fingerprint density at radius 2 is 2.00 bits per heavy atom. The molecule has 0 amide bonds. The summed E-state index contributed by atoms with van der Waals surface area (Å²) in [6.07, 6.45) is 0. The van der Waals surface area contributed by atoms with E-state index in [1.807, 2.05) is 6.07 Å². The van der Waals surface area contributed by atoms with Crippen LogP contribution >= 0.6 is 0 Å². The zero-order chi connectivity index (χ0) is 15.9. The Labute approximate surface area is 125 Å². The van der Waals surface area contributed by atoms with Gasteiger partial charge in [0.15, 0.2) is 0 Å². The first-order chi connectivity index (χ1) is 9.94. The van der Waals surface area contributed by atoms with Crippen LogP contribution < -0.4 is 0 Å². The molecule has 0 heterocycles. The highest BCUT2D eigenvalue weighted by atomic mass is 32.2. The summed E-state index contributed by atoms with van der Waals surface area (Å²) in [6.45, 7) is 3.35. The number of rotatable bonds is 7. The average Bonchev–Trinajstić information content (AvgIpc) is 2.45. The maximum Gasteiger partial charge on any atom is 0.321 e. The minimum atomic E-state index is -3.69. The van der Waals surface area contributed by atoms with Crippen LogP contribution in [0.15, 0.2) is 24.3 Å². The number of sulfonamides is 1. The number of likely N-dealkylation sites (N-methyl/N-ethyl adjacent to an activating group) is 1. The minimum absolute atomic E-state index is 0.163. The number of ether oxygens (including phenoxy) is 1. The Balaban J connectivity index is 2.93. The fraction of sp³-hybridized carbons (Fsp3) is 0.429. The van der Waals surface area contributed by atoms with E-state index in [0.29, 0.717) is 11.1 Å². The first-order valence-electron chi connectivity index (χ1n) is 6.56. The highest BCUT2D eigenvalue weighted by Gasteiger charge is 2.24. The van der Waals surface area contributed by atoms with Gasteiger partial charge in [-0.1, -0.05) is 25.1 Å². The third-order valence-electron chi connectivity index (χ3n) is 2.83. The molecule has 0 aromatic heterocycles. The highest BCUT2D eigenvalue weighted by Crippen LogP contribution is 2.14. The Hall–Kier alpha value is -1.91. The van der Waals surface area contributed by atoms with Crippen LogP contribution in [0, 0.1) is 11.3 Å². The molecule has 1 aromatic rings. The van der Waals surface area contributed by atoms with Crippen molar-refractivity contribution in [3.63, 3.8) is 0 Å². The first-order valence-corrected chi connectivity index (χ1v) is 8.17. The molecular weight excluding hydrogens is 292 g/mol. The van der Waals surface area contributed by atoms with Crippen molar-refractivity contribution in [3.8, 4) is 6.07 Å². The predicted molar refractivity (Wildman–Crippen MR) is 77.7 cm³/mol. The van der Waals surface area contributed by atoms with Gasteiger partial charge in [-0.3, -0.25) is 4.79 Å². The number of benzene rings is 1. The predicted octanol–water partition coefficient (Wildman–Crippen LogP) is 1.27. The lowest BCUT2D eigenvalue weighted by Crippen LogP contribution is -2.37. The lowest BCUT2D eigenvalue weighted by molar-refractivity contribution is -0.143. The molecule has 0 atom stereocenters. The third-order valence-corrected chi connectivity index (χ3v) is 4.68. The molecule has 0 saturated carbocycles. The van der Waals surface area contributed by atoms with Gasteiger partial charge in [-0.05, 0) is 18.6 Å². The Morgan fingerprint density at radius 1 is 1.33 bits per heavy atom. The van der Waals surface area contributed by atoms with Crippen LogP contribution in [-0.4, -0.2) is 38.4 Å². The van der Waals surface area contributed by atoms with Gasteiger partial charge >= 0.3 is 5.97 Å². The van der Waals surface area contributed by atoms with E-state index in [9.17, 15) is 13.2 Å². The number of nitriles is 1. The van der Waals surface area contributed by atoms with Gasteiger partial charge < -0.3 is 4.74 Å². The van der Waals surface area contributed by atoms with Gasteiger partial charge in [-0.2, -0.15) is 9.57 Å². The summed E-state index contributed by atoms with van der Waals surface area (Å²) in [5, 5.41) is 8.99. The lowest BCUT2D eigenvalue weighted by atomic mass is 10.1. The number of carbonyl (C=O) groups excluding carboxylic acids is 1. The third kappa shape index (κ3) is 4.85. The summed E-state index contributed by atoms with van der Waals surface area (Å²) in [6, 6.07) is 8.46. The van der Waals surface area contributed by atoms with E-state index >= 15 is 0 Å². The van der Waals surface area contributed by atoms with E-state index in [1.54, 1.807) is 38.1 Å². The average molecular weight is 310 g/mol. The molecule has 0 aliphatic heterocycles. The summed E-state index contributed by atoms with van der Waals surface area (Å²) in [4.78, 5) is 11.5. The maximum atomic E-state index is 12.3. The molecule has 0 unspecified atom stereocenters. The highest BCUT2D eigenvalue weighted by molar-refractivity contribution is 7.88. The van der Waals surface area contributed by atoms with Crippen molar-refractivity contribution < 1.29 is 17.9 Å². The normalized spacial score (nSPS) is 11.1. The minimum Gasteiger partial charge on any atom is -0.465 e. The molecule has 21 heavy (non-hydrogen) atoms. The second kappa shape index (κ2) is 7.76. The van der Waals surface area contributed by atoms with E-state index in [1.165, 1.54) is 0 Å². The Kier molecular flexibility index (Phi) is 6.34. The van der Waals surface area contributed by atoms with E-state index in [4.69, 9.17) is 10.00 Å². The van der Waals surface area contributed by atoms with Gasteiger partial charge in [0, 0.05) is 6.54 Å². The monoisotopic (exact) mass is 310 g/mol. The van der Waals surface area contributed by atoms with Crippen molar-refractivity contribution in [2.75, 3.05) is 19.7 Å². The number of carbonyl (C=O) groups is 1. The fourth-order valence-electron chi connectivity index (χ4n) is 1.80. The molecule has 1 rings (SSSR count). The number of esters is 1. The summed E-state index contributed by atoms with van der Waals surface area (Å²) < 4.78 is 30.5. The van der Waals surface area contributed by atoms with Crippen molar-refractivity contribution >= 4 is 16.0 Å². The van der Waals surface area contributed by atoms with Gasteiger partial charge in [0.05, 0.1) is 24.0 Å². The molecule has 1 aromatic carbocycles. The van der Waals surface area contributed by atoms with Gasteiger partial charge in [-0.15, -0.1) is 0 Å². The molecule has 0 radical (unpaired) electrons. The summed E-state index contributed by atoms with van der Waals surface area (Å²) in [5.41, 5.74) is 0.732. The molecule has 0 N–H and O–H groups in total. The SMILES string of the molecule is CCOC(=O)CN(CC)S(=O)(=O)Cc1ccccc1C#N. The van der Waals surface area contributed by atoms with Crippen molar-refractivity contribution in [3.05, 3.63) is 35.4 Å². The number of nitrogens with zero attached hydrogens (tertiary/aromatic N) is 2. The molecule has 0 spiro atoms. The van der Waals surface area contributed by atoms with Crippen LogP contribution in [-0.2, 0) is 25.3 Å². The first kappa shape index (κ1) is 17.1. The fourth-order valence-corrected chi connectivity index (χ4v) is 3.32. The zero-order valence-electron chi connectivity index (χ0n) is 12.1. The standard InChI is InChI=1S/C14H18N2O4S/c1-3-16(10-14(17)20-4-2)21(18,19)11-13-8-6-5-7-12(13)9-15/h5-8H,3-4,10-11H2,1-2H3. The summed E-state index contributed by atoms with van der Waals surface area (Å²) in [7, 11) is -3.69. The van der Waals surface area contributed by atoms with E-state index in [-0.39, 0.29) is 25.4 Å². The second-order valence-electron chi connectivity index (χ2n) is 4.26. The molecule has 114 valence electrons. The maximum absolute atomic E-state index is 12.3. The van der Waals surface area contributed by atoms with Crippen molar-refractivity contribution in [1.29, 1.82) is 5.26 Å². The quantitative estimate of drug-likeness (QED) is 0.708. The largest absolute Gasteiger partial charge is 0.465 e. The van der Waals surface area contributed by atoms with Crippen molar-refractivity contribution in [2.24, 2.45) is 0 Å². The van der Waals surface area contributed by atoms with Crippen molar-refractivity contribution in [1.82, 2.24) is 4.31 Å². The van der Waals surface area contributed by atoms with Gasteiger partial charge in [0.1, 0.15) is 6.54 Å². The molecule has 0 bridgehead atoms. The Morgan fingerprint density at radius 3 is 2.57 bits per heavy atom. The van der Waals surface area contributed by atoms with Crippen LogP contribution in [0.3, 0.4) is 0 Å². The molecule has 0 fully saturated rings. The van der Waals surface area contributed by atoms with Gasteiger partial charge in [-0.25, -0.2) is 8.42 Å². The van der Waals surface area contributed by atoms with Crippen LogP contribution in [0.25, 0.3) is 0 Å². The van der Waals surface area contributed by atoms with Crippen LogP contribution in [0.2, 0.25) is 0 Å². The molecule has 0 saturated heterocycles. The lowest BCUT2D eigenvalue weighted by Gasteiger charge is -2.19. The molecule has 7 heteroatoms. The van der Waals surface area contributed by atoms with Crippen molar-refractivity contribution in [2.45, 2.75) is 19.6 Å². The smallest absolute Gasteiger partial charge is 0.321 e. The molecular formula is C14H18N2O4S.